The Morgan fingerprint density at radius 1 is 1.24 bits per heavy atom. The van der Waals surface area contributed by atoms with Crippen LogP contribution in [0.5, 0.6) is 5.75 Å². The number of hydrogen-bond donors (Lipinski definition) is 2. The number of benzene rings is 1. The predicted molar refractivity (Wildman–Crippen MR) is 78.0 cm³/mol. The van der Waals surface area contributed by atoms with E-state index in [1.54, 1.807) is 0 Å². The third-order valence-corrected chi connectivity index (χ3v) is 3.67. The average molecular weight is 291 g/mol. The molecule has 1 aromatic carbocycles. The molecule has 0 aliphatic heterocycles. The van der Waals surface area contributed by atoms with Crippen LogP contribution in [0.4, 0.5) is 0 Å². The molecular weight excluding hydrogens is 270 g/mol. The first-order valence-corrected chi connectivity index (χ1v) is 7.36. The summed E-state index contributed by atoms with van der Waals surface area (Å²) in [5.41, 5.74) is 1.03. The Bertz CT molecular complexity index is 480. The molecule has 2 rings (SSSR count). The van der Waals surface area contributed by atoms with E-state index >= 15 is 0 Å². The van der Waals surface area contributed by atoms with Crippen LogP contribution in [-0.4, -0.2) is 23.6 Å². The first kappa shape index (κ1) is 15.4. The first-order valence-electron chi connectivity index (χ1n) is 7.36. The minimum absolute atomic E-state index is 0.116. The molecule has 0 atom stereocenters. The van der Waals surface area contributed by atoms with Crippen LogP contribution in [0.3, 0.4) is 0 Å². The van der Waals surface area contributed by atoms with E-state index in [2.05, 4.69) is 5.32 Å². The van der Waals surface area contributed by atoms with Crippen LogP contribution in [0.1, 0.15) is 37.7 Å². The lowest BCUT2D eigenvalue weighted by Crippen LogP contribution is -2.33. The summed E-state index contributed by atoms with van der Waals surface area (Å²) in [7, 11) is 0. The van der Waals surface area contributed by atoms with Crippen LogP contribution in [0.15, 0.2) is 24.3 Å². The number of carboxylic acids is 1. The Balaban J connectivity index is 1.68. The van der Waals surface area contributed by atoms with E-state index in [9.17, 15) is 9.59 Å². The van der Waals surface area contributed by atoms with Gasteiger partial charge in [-0.1, -0.05) is 18.6 Å². The second-order valence-electron chi connectivity index (χ2n) is 5.34. The van der Waals surface area contributed by atoms with Gasteiger partial charge in [0.2, 0.25) is 5.91 Å². The summed E-state index contributed by atoms with van der Waals surface area (Å²) in [5.74, 6) is 0.266. The van der Waals surface area contributed by atoms with E-state index in [4.69, 9.17) is 9.84 Å². The van der Waals surface area contributed by atoms with Gasteiger partial charge in [0.15, 0.2) is 0 Å². The molecule has 0 radical (unpaired) electrons. The van der Waals surface area contributed by atoms with Crippen molar-refractivity contribution in [3.63, 3.8) is 0 Å². The fourth-order valence-electron chi connectivity index (χ4n) is 2.12. The van der Waals surface area contributed by atoms with Gasteiger partial charge in [-0.25, -0.2) is 0 Å². The SMILES string of the molecule is O=C(O)CCCOc1ccc(CNC(=O)C2CCC2)cc1. The molecule has 5 heteroatoms. The van der Waals surface area contributed by atoms with Gasteiger partial charge in [0.05, 0.1) is 6.61 Å². The maximum absolute atomic E-state index is 11.7. The molecule has 21 heavy (non-hydrogen) atoms. The van der Waals surface area contributed by atoms with E-state index in [-0.39, 0.29) is 18.2 Å². The second kappa shape index (κ2) is 7.67. The molecular formula is C16H21NO4. The third-order valence-electron chi connectivity index (χ3n) is 3.67. The van der Waals surface area contributed by atoms with Crippen molar-refractivity contribution in [1.29, 1.82) is 0 Å². The van der Waals surface area contributed by atoms with Crippen molar-refractivity contribution in [2.24, 2.45) is 5.92 Å². The van der Waals surface area contributed by atoms with E-state index in [0.29, 0.717) is 19.6 Å². The van der Waals surface area contributed by atoms with Gasteiger partial charge in [0.1, 0.15) is 5.75 Å². The Morgan fingerprint density at radius 2 is 1.95 bits per heavy atom. The highest BCUT2D eigenvalue weighted by atomic mass is 16.5. The summed E-state index contributed by atoms with van der Waals surface area (Å²) in [5, 5.41) is 11.5. The van der Waals surface area contributed by atoms with Crippen molar-refractivity contribution in [1.82, 2.24) is 5.32 Å². The molecule has 0 saturated heterocycles. The summed E-state index contributed by atoms with van der Waals surface area (Å²) in [4.78, 5) is 22.1. The maximum Gasteiger partial charge on any atom is 0.303 e. The van der Waals surface area contributed by atoms with Gasteiger partial charge in [-0.05, 0) is 37.0 Å². The predicted octanol–water partition coefficient (Wildman–Crippen LogP) is 2.35. The number of carboxylic acid groups (broad SMARTS) is 1. The number of nitrogens with one attached hydrogen (secondary N) is 1. The molecule has 1 aliphatic carbocycles. The van der Waals surface area contributed by atoms with Gasteiger partial charge in [0.25, 0.3) is 0 Å². The van der Waals surface area contributed by atoms with Gasteiger partial charge in [0, 0.05) is 18.9 Å². The second-order valence-corrected chi connectivity index (χ2v) is 5.34. The summed E-state index contributed by atoms with van der Waals surface area (Å²) < 4.78 is 5.45. The largest absolute Gasteiger partial charge is 0.494 e. The Hall–Kier alpha value is -2.04. The highest BCUT2D eigenvalue weighted by Gasteiger charge is 2.24. The fourth-order valence-corrected chi connectivity index (χ4v) is 2.12. The summed E-state index contributed by atoms with van der Waals surface area (Å²) in [6.07, 6.45) is 3.79. The molecule has 0 aromatic heterocycles. The van der Waals surface area contributed by atoms with Gasteiger partial charge in [-0.2, -0.15) is 0 Å². The summed E-state index contributed by atoms with van der Waals surface area (Å²) in [6.45, 7) is 0.929. The van der Waals surface area contributed by atoms with Crippen LogP contribution in [0.25, 0.3) is 0 Å². The molecule has 1 saturated carbocycles. The zero-order valence-electron chi connectivity index (χ0n) is 12.0. The lowest BCUT2D eigenvalue weighted by atomic mass is 9.85. The molecule has 0 spiro atoms. The molecule has 2 N–H and O–H groups in total. The highest BCUT2D eigenvalue weighted by Crippen LogP contribution is 2.26. The highest BCUT2D eigenvalue weighted by molar-refractivity contribution is 5.79. The minimum Gasteiger partial charge on any atom is -0.494 e. The van der Waals surface area contributed by atoms with Crippen molar-refractivity contribution < 1.29 is 19.4 Å². The van der Waals surface area contributed by atoms with Gasteiger partial charge >= 0.3 is 5.97 Å². The van der Waals surface area contributed by atoms with Gasteiger partial charge in [-0.15, -0.1) is 0 Å². The zero-order chi connectivity index (χ0) is 15.1. The quantitative estimate of drug-likeness (QED) is 0.721. The molecule has 1 aromatic rings. The third kappa shape index (κ3) is 5.10. The molecule has 0 heterocycles. The Kier molecular flexibility index (Phi) is 5.60. The van der Waals surface area contributed by atoms with E-state index in [1.807, 2.05) is 24.3 Å². The van der Waals surface area contributed by atoms with E-state index in [1.165, 1.54) is 0 Å². The number of aliphatic carboxylic acids is 1. The topological polar surface area (TPSA) is 75.6 Å². The first-order chi connectivity index (χ1) is 10.1. The molecule has 0 unspecified atom stereocenters. The van der Waals surface area contributed by atoms with Gasteiger partial charge in [-0.3, -0.25) is 9.59 Å². The molecule has 114 valence electrons. The zero-order valence-corrected chi connectivity index (χ0v) is 12.0. The van der Waals surface area contributed by atoms with E-state index < -0.39 is 5.97 Å². The fraction of sp³-hybridized carbons (Fsp3) is 0.500. The Morgan fingerprint density at radius 3 is 2.52 bits per heavy atom. The number of ether oxygens (including phenoxy) is 1. The van der Waals surface area contributed by atoms with Crippen LogP contribution in [-0.2, 0) is 16.1 Å². The van der Waals surface area contributed by atoms with E-state index in [0.717, 1.165) is 30.6 Å². The number of amides is 1. The maximum atomic E-state index is 11.7. The van der Waals surface area contributed by atoms with Crippen molar-refractivity contribution in [2.45, 2.75) is 38.6 Å². The summed E-state index contributed by atoms with van der Waals surface area (Å²) in [6, 6.07) is 7.50. The number of carbonyl (C=O) groups is 2. The van der Waals surface area contributed by atoms with Crippen molar-refractivity contribution >= 4 is 11.9 Å². The number of hydrogen-bond acceptors (Lipinski definition) is 3. The van der Waals surface area contributed by atoms with Crippen LogP contribution in [0.2, 0.25) is 0 Å². The minimum atomic E-state index is -0.809. The molecule has 5 nitrogen and oxygen atoms in total. The molecule has 1 amide bonds. The molecule has 1 fully saturated rings. The van der Waals surface area contributed by atoms with Crippen molar-refractivity contribution in [3.8, 4) is 5.75 Å². The monoisotopic (exact) mass is 291 g/mol. The lowest BCUT2D eigenvalue weighted by molar-refractivity contribution is -0.137. The lowest BCUT2D eigenvalue weighted by Gasteiger charge is -2.24. The van der Waals surface area contributed by atoms with Crippen molar-refractivity contribution in [3.05, 3.63) is 29.8 Å². The number of rotatable bonds is 8. The Labute approximate surface area is 124 Å². The van der Waals surface area contributed by atoms with Gasteiger partial charge < -0.3 is 15.2 Å². The molecule has 0 bridgehead atoms. The van der Waals surface area contributed by atoms with Crippen LogP contribution < -0.4 is 10.1 Å². The smallest absolute Gasteiger partial charge is 0.303 e. The standard InChI is InChI=1S/C16H21NO4/c18-15(19)5-2-10-21-14-8-6-12(7-9-14)11-17-16(20)13-3-1-4-13/h6-9,13H,1-5,10-11H2,(H,17,20)(H,18,19). The number of carbonyl (C=O) groups excluding carboxylic acids is 1. The molecule has 1 aliphatic rings. The normalized spacial score (nSPS) is 14.3. The summed E-state index contributed by atoms with van der Waals surface area (Å²) >= 11 is 0. The van der Waals surface area contributed by atoms with Crippen LogP contribution >= 0.6 is 0 Å². The van der Waals surface area contributed by atoms with Crippen molar-refractivity contribution in [2.75, 3.05) is 6.61 Å². The average Bonchev–Trinajstić information content (AvgIpc) is 2.40. The van der Waals surface area contributed by atoms with Crippen LogP contribution in [0, 0.1) is 5.92 Å².